The topological polar surface area (TPSA) is 72.7 Å². The molecule has 0 saturated carbocycles. The normalized spacial score (nSPS) is 24.2. The Morgan fingerprint density at radius 3 is 2.40 bits per heavy atom. The van der Waals surface area contributed by atoms with Crippen LogP contribution in [0.2, 0.25) is 0 Å². The monoisotopic (exact) mass is 274 g/mol. The maximum Gasteiger partial charge on any atom is 0.225 e. The summed E-state index contributed by atoms with van der Waals surface area (Å²) in [5.74, 6) is 1.40. The molecule has 1 aliphatic carbocycles. The van der Waals surface area contributed by atoms with Crippen molar-refractivity contribution in [3.05, 3.63) is 42.1 Å². The van der Waals surface area contributed by atoms with Crippen LogP contribution in [0.25, 0.3) is 0 Å². The molecule has 1 saturated heterocycles. The van der Waals surface area contributed by atoms with Gasteiger partial charge in [-0.05, 0) is 18.2 Å². The van der Waals surface area contributed by atoms with Crippen LogP contribution in [0.3, 0.4) is 0 Å². The number of allylic oxidation sites excluding steroid dienone is 2. The zero-order chi connectivity index (χ0) is 13.9. The van der Waals surface area contributed by atoms with Gasteiger partial charge in [0.15, 0.2) is 0 Å². The van der Waals surface area contributed by atoms with E-state index >= 15 is 0 Å². The van der Waals surface area contributed by atoms with Gasteiger partial charge in [-0.1, -0.05) is 0 Å². The van der Waals surface area contributed by atoms with Crippen LogP contribution in [-0.2, 0) is 0 Å². The lowest BCUT2D eigenvalue weighted by Crippen LogP contribution is -2.51. The van der Waals surface area contributed by atoms with Gasteiger partial charge in [0.05, 0.1) is 11.8 Å². The smallest absolute Gasteiger partial charge is 0.225 e. The van der Waals surface area contributed by atoms with Crippen molar-refractivity contribution in [1.29, 1.82) is 0 Å². The van der Waals surface area contributed by atoms with E-state index in [0.29, 0.717) is 17.9 Å². The maximum absolute atomic E-state index is 9.95. The molecule has 106 valence electrons. The van der Waals surface area contributed by atoms with Crippen molar-refractivity contribution in [2.24, 2.45) is 0 Å². The van der Waals surface area contributed by atoms with E-state index in [1.54, 1.807) is 30.6 Å². The lowest BCUT2D eigenvalue weighted by Gasteiger charge is -2.39. The van der Waals surface area contributed by atoms with E-state index in [-0.39, 0.29) is 6.04 Å². The quantitative estimate of drug-likeness (QED) is 0.845. The number of aromatic nitrogens is 2. The summed E-state index contributed by atoms with van der Waals surface area (Å²) in [6.07, 6.45) is 7.10. The second-order valence-electron chi connectivity index (χ2n) is 5.04. The highest BCUT2D eigenvalue weighted by atomic mass is 16.3. The predicted molar refractivity (Wildman–Crippen MR) is 75.6 cm³/mol. The number of aliphatic hydroxyl groups excluding tert-OH is 2. The Labute approximate surface area is 117 Å². The summed E-state index contributed by atoms with van der Waals surface area (Å²) in [5, 5.41) is 19.6. The molecule has 1 fully saturated rings. The first-order valence-corrected chi connectivity index (χ1v) is 6.79. The number of nitrogens with zero attached hydrogens (tertiary/aromatic N) is 4. The summed E-state index contributed by atoms with van der Waals surface area (Å²) in [7, 11) is 0. The minimum absolute atomic E-state index is 0.112. The Balaban J connectivity index is 1.62. The van der Waals surface area contributed by atoms with E-state index in [2.05, 4.69) is 19.8 Å². The minimum atomic E-state index is -0.112. The Morgan fingerprint density at radius 1 is 1.00 bits per heavy atom. The minimum Gasteiger partial charge on any atom is -0.512 e. The van der Waals surface area contributed by atoms with Gasteiger partial charge in [-0.2, -0.15) is 0 Å². The molecule has 2 heterocycles. The zero-order valence-electron chi connectivity index (χ0n) is 11.2. The molecular formula is C14H18N4O2. The molecule has 0 radical (unpaired) electrons. The van der Waals surface area contributed by atoms with E-state index in [1.165, 1.54) is 0 Å². The molecule has 0 aromatic carbocycles. The van der Waals surface area contributed by atoms with Crippen molar-refractivity contribution < 1.29 is 10.2 Å². The van der Waals surface area contributed by atoms with Gasteiger partial charge in [-0.25, -0.2) is 9.97 Å². The van der Waals surface area contributed by atoms with Crippen LogP contribution in [0.1, 0.15) is 6.42 Å². The maximum atomic E-state index is 9.95. The highest BCUT2D eigenvalue weighted by molar-refractivity contribution is 5.30. The van der Waals surface area contributed by atoms with Gasteiger partial charge in [-0.15, -0.1) is 0 Å². The molecule has 20 heavy (non-hydrogen) atoms. The van der Waals surface area contributed by atoms with Crippen LogP contribution in [0.5, 0.6) is 0 Å². The van der Waals surface area contributed by atoms with Gasteiger partial charge in [0.25, 0.3) is 0 Å². The molecule has 1 aromatic rings. The Kier molecular flexibility index (Phi) is 3.56. The fourth-order valence-electron chi connectivity index (χ4n) is 2.67. The molecular weight excluding hydrogens is 256 g/mol. The van der Waals surface area contributed by atoms with Crippen LogP contribution >= 0.6 is 0 Å². The van der Waals surface area contributed by atoms with Gasteiger partial charge >= 0.3 is 0 Å². The van der Waals surface area contributed by atoms with Crippen molar-refractivity contribution in [3.8, 4) is 0 Å². The van der Waals surface area contributed by atoms with Gasteiger partial charge < -0.3 is 15.1 Å². The molecule has 1 aromatic heterocycles. The van der Waals surface area contributed by atoms with Crippen LogP contribution in [0.15, 0.2) is 42.1 Å². The standard InChI is InChI=1S/C14H18N4O2/c19-11-2-3-13(20)12(10-11)17-6-8-18(9-7-17)14-15-4-1-5-16-14/h1-5,12,19-20H,6-10H2. The molecule has 3 rings (SSSR count). The van der Waals surface area contributed by atoms with E-state index in [4.69, 9.17) is 0 Å². The summed E-state index contributed by atoms with van der Waals surface area (Å²) in [6.45, 7) is 3.26. The first-order chi connectivity index (χ1) is 9.74. The first-order valence-electron chi connectivity index (χ1n) is 6.79. The van der Waals surface area contributed by atoms with Gasteiger partial charge in [-0.3, -0.25) is 4.90 Å². The fourth-order valence-corrected chi connectivity index (χ4v) is 2.67. The molecule has 1 unspecified atom stereocenters. The molecule has 1 atom stereocenters. The molecule has 6 nitrogen and oxygen atoms in total. The van der Waals surface area contributed by atoms with E-state index in [9.17, 15) is 10.2 Å². The van der Waals surface area contributed by atoms with Crippen LogP contribution in [0.4, 0.5) is 5.95 Å². The number of piperazine rings is 1. The third-order valence-corrected chi connectivity index (χ3v) is 3.78. The number of hydrogen-bond acceptors (Lipinski definition) is 6. The highest BCUT2D eigenvalue weighted by Gasteiger charge is 2.29. The highest BCUT2D eigenvalue weighted by Crippen LogP contribution is 2.23. The summed E-state index contributed by atoms with van der Waals surface area (Å²) in [5.41, 5.74) is 0. The molecule has 0 spiro atoms. The molecule has 0 bridgehead atoms. The molecule has 6 heteroatoms. The number of rotatable bonds is 2. The number of aliphatic hydroxyl groups is 2. The van der Waals surface area contributed by atoms with Crippen molar-refractivity contribution in [2.45, 2.75) is 12.5 Å². The van der Waals surface area contributed by atoms with Gasteiger partial charge in [0.1, 0.15) is 5.76 Å². The SMILES string of the molecule is OC1=CC=C(O)C(N2CCN(c3ncccn3)CC2)C1. The van der Waals surface area contributed by atoms with Crippen molar-refractivity contribution in [1.82, 2.24) is 14.9 Å². The Hall–Kier alpha value is -2.08. The molecule has 2 N–H and O–H groups in total. The summed E-state index contributed by atoms with van der Waals surface area (Å²) >= 11 is 0. The van der Waals surface area contributed by atoms with Crippen LogP contribution in [-0.4, -0.2) is 57.3 Å². The molecule has 1 aliphatic heterocycles. The average Bonchev–Trinajstić information content (AvgIpc) is 2.51. The van der Waals surface area contributed by atoms with Gasteiger partial charge in [0, 0.05) is 45.0 Å². The van der Waals surface area contributed by atoms with E-state index in [1.807, 2.05) is 0 Å². The summed E-state index contributed by atoms with van der Waals surface area (Å²) < 4.78 is 0. The zero-order valence-corrected chi connectivity index (χ0v) is 11.2. The third kappa shape index (κ3) is 2.60. The largest absolute Gasteiger partial charge is 0.512 e. The Bertz CT molecular complexity index is 521. The second-order valence-corrected chi connectivity index (χ2v) is 5.04. The third-order valence-electron chi connectivity index (χ3n) is 3.78. The lowest BCUT2D eigenvalue weighted by atomic mass is 10.0. The molecule has 2 aliphatic rings. The van der Waals surface area contributed by atoms with Crippen molar-refractivity contribution in [2.75, 3.05) is 31.1 Å². The number of hydrogen-bond donors (Lipinski definition) is 2. The van der Waals surface area contributed by atoms with Crippen LogP contribution in [0, 0.1) is 0 Å². The Morgan fingerprint density at radius 2 is 1.70 bits per heavy atom. The lowest BCUT2D eigenvalue weighted by molar-refractivity contribution is 0.150. The van der Waals surface area contributed by atoms with Crippen LogP contribution < -0.4 is 4.90 Å². The number of anilines is 1. The summed E-state index contributed by atoms with van der Waals surface area (Å²) in [6, 6.07) is 1.69. The average molecular weight is 274 g/mol. The fraction of sp³-hybridized carbons (Fsp3) is 0.429. The second kappa shape index (κ2) is 5.50. The summed E-state index contributed by atoms with van der Waals surface area (Å²) in [4.78, 5) is 12.8. The predicted octanol–water partition coefficient (Wildman–Crippen LogP) is 1.25. The van der Waals surface area contributed by atoms with Crippen molar-refractivity contribution in [3.63, 3.8) is 0 Å². The van der Waals surface area contributed by atoms with E-state index < -0.39 is 0 Å². The van der Waals surface area contributed by atoms with Crippen molar-refractivity contribution >= 4 is 5.95 Å². The molecule has 0 amide bonds. The van der Waals surface area contributed by atoms with Gasteiger partial charge in [0.2, 0.25) is 5.95 Å². The first kappa shape index (κ1) is 12.9. The van der Waals surface area contributed by atoms with E-state index in [0.717, 1.165) is 32.1 Å².